The van der Waals surface area contributed by atoms with Gasteiger partial charge in [-0.05, 0) is 87.7 Å². The first kappa shape index (κ1) is 26.9. The summed E-state index contributed by atoms with van der Waals surface area (Å²) in [5.41, 5.74) is 4.67. The average molecular weight is 539 g/mol. The summed E-state index contributed by atoms with van der Waals surface area (Å²) in [6, 6.07) is 23.8. The lowest BCUT2D eigenvalue weighted by molar-refractivity contribution is 0.0928. The first-order valence-corrected chi connectivity index (χ1v) is 15.1. The van der Waals surface area contributed by atoms with Crippen LogP contribution in [0.5, 0.6) is 5.75 Å². The fraction of sp³-hybridized carbons (Fsp3) is 0.441. The lowest BCUT2D eigenvalue weighted by Crippen LogP contribution is -2.40. The van der Waals surface area contributed by atoms with Gasteiger partial charge in [-0.25, -0.2) is 0 Å². The molecule has 0 bridgehead atoms. The number of aromatic nitrogens is 1. The van der Waals surface area contributed by atoms with Crippen LogP contribution in [0.4, 0.5) is 0 Å². The normalized spacial score (nSPS) is 19.0. The van der Waals surface area contributed by atoms with Crippen molar-refractivity contribution in [3.05, 3.63) is 77.9 Å². The van der Waals surface area contributed by atoms with E-state index < -0.39 is 0 Å². The summed E-state index contributed by atoms with van der Waals surface area (Å²) in [5, 5.41) is 5.83. The number of hydrogen-bond acceptors (Lipinski definition) is 4. The molecule has 3 heterocycles. The van der Waals surface area contributed by atoms with Gasteiger partial charge >= 0.3 is 0 Å². The van der Waals surface area contributed by atoms with Crippen molar-refractivity contribution >= 4 is 27.7 Å². The Kier molecular flexibility index (Phi) is 8.08. The zero-order valence-electron chi connectivity index (χ0n) is 23.9. The van der Waals surface area contributed by atoms with E-state index in [1.807, 2.05) is 24.3 Å². The smallest absolute Gasteiger partial charge is 0.251 e. The Morgan fingerprint density at radius 3 is 2.52 bits per heavy atom. The van der Waals surface area contributed by atoms with Crippen LogP contribution in [0.1, 0.15) is 55.5 Å². The molecule has 1 aromatic heterocycles. The lowest BCUT2D eigenvalue weighted by atomic mass is 10.0. The van der Waals surface area contributed by atoms with Gasteiger partial charge in [-0.15, -0.1) is 0 Å². The predicted octanol–water partition coefficient (Wildman–Crippen LogP) is 6.07. The van der Waals surface area contributed by atoms with Gasteiger partial charge in [0.1, 0.15) is 11.9 Å². The summed E-state index contributed by atoms with van der Waals surface area (Å²) < 4.78 is 8.77. The molecular weight excluding hydrogens is 496 g/mol. The fourth-order valence-electron chi connectivity index (χ4n) is 6.74. The van der Waals surface area contributed by atoms with E-state index in [0.29, 0.717) is 18.2 Å². The number of likely N-dealkylation sites (tertiary alicyclic amines) is 2. The number of aryl methyl sites for hydroxylation is 1. The summed E-state index contributed by atoms with van der Waals surface area (Å²) in [6.45, 7) is 11.3. The topological polar surface area (TPSA) is 49.7 Å². The zero-order chi connectivity index (χ0) is 27.5. The summed E-state index contributed by atoms with van der Waals surface area (Å²) in [4.78, 5) is 17.8. The largest absolute Gasteiger partial charge is 0.490 e. The number of likely N-dealkylation sites (N-methyl/N-ethyl adjacent to an activating group) is 1. The number of ether oxygens (including phenoxy) is 1. The van der Waals surface area contributed by atoms with Gasteiger partial charge in [0.2, 0.25) is 0 Å². The highest BCUT2D eigenvalue weighted by Crippen LogP contribution is 2.30. The number of nitrogens with zero attached hydrogens (tertiary/aromatic N) is 3. The Hall–Kier alpha value is -3.35. The minimum Gasteiger partial charge on any atom is -0.490 e. The molecular formula is C34H42N4O2. The van der Waals surface area contributed by atoms with E-state index in [-0.39, 0.29) is 12.0 Å². The Morgan fingerprint density at radius 1 is 0.875 bits per heavy atom. The van der Waals surface area contributed by atoms with E-state index in [9.17, 15) is 4.79 Å². The van der Waals surface area contributed by atoms with Gasteiger partial charge in [-0.2, -0.15) is 0 Å². The van der Waals surface area contributed by atoms with Crippen LogP contribution >= 0.6 is 0 Å². The van der Waals surface area contributed by atoms with E-state index >= 15 is 0 Å². The molecule has 6 nitrogen and oxygen atoms in total. The second-order valence-corrected chi connectivity index (χ2v) is 11.4. The standard InChI is InChI=1S/C34H42N4O2/c1-3-37-18-8-10-27(37)23-35-34(39)26-9-7-11-29(22-26)40-28-16-19-36(20-17-28)24-25-14-15-33-31(21-25)30-12-5-6-13-32(30)38(33)4-2/h5-7,9,11-15,21-22,27-28H,3-4,8,10,16-20,23-24H2,1-2H3,(H,35,39). The molecule has 210 valence electrons. The molecule has 2 aliphatic rings. The van der Waals surface area contributed by atoms with E-state index in [2.05, 4.69) is 76.0 Å². The van der Waals surface area contributed by atoms with Crippen molar-refractivity contribution in [2.24, 2.45) is 0 Å². The van der Waals surface area contributed by atoms with Crippen molar-refractivity contribution < 1.29 is 9.53 Å². The number of amides is 1. The molecule has 2 fully saturated rings. The van der Waals surface area contributed by atoms with Crippen LogP contribution in [-0.2, 0) is 13.1 Å². The van der Waals surface area contributed by atoms with Gasteiger partial charge in [0.25, 0.3) is 5.91 Å². The number of rotatable bonds is 9. The van der Waals surface area contributed by atoms with Gasteiger partial charge in [-0.3, -0.25) is 14.6 Å². The Bertz CT molecular complexity index is 1470. The third kappa shape index (κ3) is 5.61. The Labute approximate surface area is 237 Å². The maximum atomic E-state index is 12.8. The number of piperidine rings is 1. The molecule has 1 N–H and O–H groups in total. The van der Waals surface area contributed by atoms with E-state index in [1.54, 1.807) is 0 Å². The average Bonchev–Trinajstić information content (AvgIpc) is 3.58. The molecule has 6 rings (SSSR count). The van der Waals surface area contributed by atoms with E-state index in [1.165, 1.54) is 33.8 Å². The van der Waals surface area contributed by atoms with Crippen LogP contribution in [0.25, 0.3) is 21.8 Å². The van der Waals surface area contributed by atoms with Crippen molar-refractivity contribution in [3.63, 3.8) is 0 Å². The van der Waals surface area contributed by atoms with Crippen molar-refractivity contribution in [1.82, 2.24) is 19.7 Å². The highest BCUT2D eigenvalue weighted by molar-refractivity contribution is 6.08. The van der Waals surface area contributed by atoms with Crippen LogP contribution in [0, 0.1) is 0 Å². The number of para-hydroxylation sites is 1. The molecule has 40 heavy (non-hydrogen) atoms. The number of carbonyl (C=O) groups excluding carboxylic acids is 1. The summed E-state index contributed by atoms with van der Waals surface area (Å²) in [6.07, 6.45) is 4.53. The van der Waals surface area contributed by atoms with Crippen LogP contribution in [-0.4, -0.2) is 65.1 Å². The van der Waals surface area contributed by atoms with Gasteiger partial charge in [0.05, 0.1) is 0 Å². The van der Waals surface area contributed by atoms with Gasteiger partial charge in [0, 0.05) is 66.1 Å². The minimum absolute atomic E-state index is 0.0118. The monoisotopic (exact) mass is 538 g/mol. The summed E-state index contributed by atoms with van der Waals surface area (Å²) in [7, 11) is 0. The van der Waals surface area contributed by atoms with Crippen molar-refractivity contribution in [3.8, 4) is 5.75 Å². The maximum absolute atomic E-state index is 12.8. The lowest BCUT2D eigenvalue weighted by Gasteiger charge is -2.32. The van der Waals surface area contributed by atoms with Crippen LogP contribution in [0.15, 0.2) is 66.7 Å². The van der Waals surface area contributed by atoms with Crippen LogP contribution in [0.2, 0.25) is 0 Å². The predicted molar refractivity (Wildman–Crippen MR) is 163 cm³/mol. The van der Waals surface area contributed by atoms with Crippen molar-refractivity contribution in [1.29, 1.82) is 0 Å². The van der Waals surface area contributed by atoms with Gasteiger partial charge in [0.15, 0.2) is 0 Å². The van der Waals surface area contributed by atoms with Crippen LogP contribution < -0.4 is 10.1 Å². The number of benzene rings is 3. The quantitative estimate of drug-likeness (QED) is 0.281. The molecule has 0 radical (unpaired) electrons. The number of fused-ring (bicyclic) bond motifs is 3. The second kappa shape index (κ2) is 12.0. The number of nitrogens with one attached hydrogen (secondary N) is 1. The molecule has 1 amide bonds. The third-order valence-electron chi connectivity index (χ3n) is 8.90. The SMILES string of the molecule is CCN1CCCC1CNC(=O)c1cccc(OC2CCN(Cc3ccc4c(c3)c3ccccc3n4CC)CC2)c1. The molecule has 1 atom stereocenters. The van der Waals surface area contributed by atoms with Gasteiger partial charge in [-0.1, -0.05) is 37.3 Å². The first-order valence-electron chi connectivity index (χ1n) is 15.1. The van der Waals surface area contributed by atoms with Crippen molar-refractivity contribution in [2.75, 3.05) is 32.7 Å². The summed E-state index contributed by atoms with van der Waals surface area (Å²) in [5.74, 6) is 0.780. The molecule has 3 aromatic carbocycles. The third-order valence-corrected chi connectivity index (χ3v) is 8.90. The molecule has 2 saturated heterocycles. The second-order valence-electron chi connectivity index (χ2n) is 11.4. The zero-order valence-corrected chi connectivity index (χ0v) is 23.9. The van der Waals surface area contributed by atoms with E-state index in [0.717, 1.165) is 64.3 Å². The Morgan fingerprint density at radius 2 is 1.70 bits per heavy atom. The molecule has 4 aromatic rings. The van der Waals surface area contributed by atoms with Gasteiger partial charge < -0.3 is 14.6 Å². The molecule has 0 spiro atoms. The molecule has 6 heteroatoms. The molecule has 1 unspecified atom stereocenters. The molecule has 2 aliphatic heterocycles. The van der Waals surface area contributed by atoms with E-state index in [4.69, 9.17) is 4.74 Å². The number of hydrogen-bond donors (Lipinski definition) is 1. The highest BCUT2D eigenvalue weighted by atomic mass is 16.5. The molecule has 0 saturated carbocycles. The van der Waals surface area contributed by atoms with Crippen molar-refractivity contribution in [2.45, 2.75) is 64.8 Å². The highest BCUT2D eigenvalue weighted by Gasteiger charge is 2.24. The Balaban J connectivity index is 1.03. The maximum Gasteiger partial charge on any atom is 0.251 e. The first-order chi connectivity index (χ1) is 19.6. The molecule has 0 aliphatic carbocycles. The van der Waals surface area contributed by atoms with Crippen LogP contribution in [0.3, 0.4) is 0 Å². The fourth-order valence-corrected chi connectivity index (χ4v) is 6.74. The number of carbonyl (C=O) groups is 1. The summed E-state index contributed by atoms with van der Waals surface area (Å²) >= 11 is 0. The minimum atomic E-state index is -0.0118.